The number of rotatable bonds is 4. The van der Waals surface area contributed by atoms with Gasteiger partial charge in [-0.15, -0.1) is 0 Å². The van der Waals surface area contributed by atoms with Crippen molar-refractivity contribution in [2.45, 2.75) is 31.5 Å². The molecule has 0 saturated carbocycles. The van der Waals surface area contributed by atoms with Gasteiger partial charge in [0.1, 0.15) is 0 Å². The van der Waals surface area contributed by atoms with Gasteiger partial charge in [0.15, 0.2) is 0 Å². The van der Waals surface area contributed by atoms with Crippen LogP contribution in [0.2, 0.25) is 0 Å². The Hall–Kier alpha value is -0.970. The van der Waals surface area contributed by atoms with E-state index in [0.717, 1.165) is 18.8 Å². The van der Waals surface area contributed by atoms with Gasteiger partial charge < -0.3 is 10.6 Å². The van der Waals surface area contributed by atoms with E-state index in [0.29, 0.717) is 6.04 Å². The van der Waals surface area contributed by atoms with Crippen LogP contribution in [0.3, 0.4) is 0 Å². The van der Waals surface area contributed by atoms with Gasteiger partial charge in [-0.1, -0.05) is 6.07 Å². The van der Waals surface area contributed by atoms with E-state index in [9.17, 15) is 0 Å². The van der Waals surface area contributed by atoms with E-state index in [4.69, 9.17) is 5.73 Å². The quantitative estimate of drug-likeness (QED) is 0.867. The minimum Gasteiger partial charge on any atom is -0.326 e. The van der Waals surface area contributed by atoms with Gasteiger partial charge in [-0.3, -0.25) is 9.88 Å². The van der Waals surface area contributed by atoms with Crippen LogP contribution in [0, 0.1) is 0 Å². The number of pyridine rings is 1. The Kier molecular flexibility index (Phi) is 4.32. The van der Waals surface area contributed by atoms with Crippen LogP contribution in [0.15, 0.2) is 24.4 Å². The van der Waals surface area contributed by atoms with E-state index in [1.807, 2.05) is 18.3 Å². The van der Waals surface area contributed by atoms with Crippen molar-refractivity contribution < 1.29 is 0 Å². The van der Waals surface area contributed by atoms with E-state index >= 15 is 0 Å². The molecule has 0 bridgehead atoms. The van der Waals surface area contributed by atoms with E-state index in [1.54, 1.807) is 0 Å². The molecule has 1 aromatic rings. The third-order valence-electron chi connectivity index (χ3n) is 3.81. The van der Waals surface area contributed by atoms with Gasteiger partial charge in [-0.2, -0.15) is 0 Å². The molecule has 2 rings (SSSR count). The molecule has 3 atom stereocenters. The number of hydrogen-bond acceptors (Lipinski definition) is 4. The van der Waals surface area contributed by atoms with Crippen LogP contribution in [0.4, 0.5) is 0 Å². The molecule has 100 valence electrons. The van der Waals surface area contributed by atoms with Crippen LogP contribution in [0.5, 0.6) is 0 Å². The van der Waals surface area contributed by atoms with Gasteiger partial charge in [0.25, 0.3) is 0 Å². The maximum Gasteiger partial charge on any atom is 0.0671 e. The lowest BCUT2D eigenvalue weighted by molar-refractivity contribution is 0.193. The summed E-state index contributed by atoms with van der Waals surface area (Å²) in [5, 5.41) is 0. The second kappa shape index (κ2) is 5.78. The molecule has 0 aliphatic carbocycles. The lowest BCUT2D eigenvalue weighted by Gasteiger charge is -2.31. The van der Waals surface area contributed by atoms with E-state index in [1.165, 1.54) is 6.42 Å². The minimum absolute atomic E-state index is 0.0980. The van der Waals surface area contributed by atoms with Crippen molar-refractivity contribution in [1.82, 2.24) is 14.8 Å². The van der Waals surface area contributed by atoms with Gasteiger partial charge in [-0.05, 0) is 39.6 Å². The molecule has 0 radical (unpaired) electrons. The molecular formula is C14H24N4. The van der Waals surface area contributed by atoms with Gasteiger partial charge in [0.2, 0.25) is 0 Å². The predicted molar refractivity (Wildman–Crippen MR) is 74.3 cm³/mol. The Morgan fingerprint density at radius 2 is 2.22 bits per heavy atom. The summed E-state index contributed by atoms with van der Waals surface area (Å²) in [4.78, 5) is 9.25. The number of nitrogens with zero attached hydrogens (tertiary/aromatic N) is 3. The second-order valence-electron chi connectivity index (χ2n) is 5.46. The SMILES string of the molecule is CC(N)C(c1ccccn1)N1CCC(N(C)C)C1. The van der Waals surface area contributed by atoms with Gasteiger partial charge in [-0.25, -0.2) is 0 Å². The highest BCUT2D eigenvalue weighted by atomic mass is 15.3. The van der Waals surface area contributed by atoms with Crippen molar-refractivity contribution in [2.24, 2.45) is 5.73 Å². The smallest absolute Gasteiger partial charge is 0.0671 e. The number of aromatic nitrogens is 1. The average Bonchev–Trinajstić information content (AvgIpc) is 2.79. The van der Waals surface area contributed by atoms with Crippen molar-refractivity contribution >= 4 is 0 Å². The maximum absolute atomic E-state index is 6.17. The first-order valence-corrected chi connectivity index (χ1v) is 6.66. The summed E-state index contributed by atoms with van der Waals surface area (Å²) in [6.07, 6.45) is 3.06. The number of nitrogens with two attached hydrogens (primary N) is 1. The molecule has 0 aromatic carbocycles. The minimum atomic E-state index is 0.0980. The molecule has 0 spiro atoms. The van der Waals surface area contributed by atoms with E-state index < -0.39 is 0 Å². The third-order valence-corrected chi connectivity index (χ3v) is 3.81. The molecular weight excluding hydrogens is 224 g/mol. The van der Waals surface area contributed by atoms with Crippen molar-refractivity contribution in [3.8, 4) is 0 Å². The van der Waals surface area contributed by atoms with E-state index in [2.05, 4.69) is 41.9 Å². The fraction of sp³-hybridized carbons (Fsp3) is 0.643. The lowest BCUT2D eigenvalue weighted by Crippen LogP contribution is -2.40. The third kappa shape index (κ3) is 2.88. The van der Waals surface area contributed by atoms with Crippen LogP contribution in [-0.2, 0) is 0 Å². The summed E-state index contributed by atoms with van der Waals surface area (Å²) in [6, 6.07) is 7.04. The molecule has 4 heteroatoms. The fourth-order valence-corrected chi connectivity index (χ4v) is 2.78. The molecule has 2 heterocycles. The fourth-order valence-electron chi connectivity index (χ4n) is 2.78. The van der Waals surface area contributed by atoms with Crippen LogP contribution in [0.1, 0.15) is 25.1 Å². The molecule has 0 amide bonds. The molecule has 1 aliphatic heterocycles. The summed E-state index contributed by atoms with van der Waals surface area (Å²) < 4.78 is 0. The molecule has 1 aliphatic rings. The van der Waals surface area contributed by atoms with E-state index in [-0.39, 0.29) is 12.1 Å². The summed E-state index contributed by atoms with van der Waals surface area (Å²) in [6.45, 7) is 4.25. The first-order chi connectivity index (χ1) is 8.59. The number of likely N-dealkylation sites (N-methyl/N-ethyl adjacent to an activating group) is 1. The maximum atomic E-state index is 6.17. The molecule has 1 fully saturated rings. The van der Waals surface area contributed by atoms with Crippen molar-refractivity contribution in [1.29, 1.82) is 0 Å². The van der Waals surface area contributed by atoms with Gasteiger partial charge in [0.05, 0.1) is 11.7 Å². The zero-order chi connectivity index (χ0) is 13.1. The highest BCUT2D eigenvalue weighted by molar-refractivity contribution is 5.12. The Bertz CT molecular complexity index is 363. The number of likely N-dealkylation sites (tertiary alicyclic amines) is 1. The van der Waals surface area contributed by atoms with Crippen molar-refractivity contribution in [3.05, 3.63) is 30.1 Å². The first kappa shape index (κ1) is 13.5. The zero-order valence-corrected chi connectivity index (χ0v) is 11.6. The predicted octanol–water partition coefficient (Wildman–Crippen LogP) is 1.11. The molecule has 18 heavy (non-hydrogen) atoms. The largest absolute Gasteiger partial charge is 0.326 e. The normalized spacial score (nSPS) is 24.4. The van der Waals surface area contributed by atoms with Crippen molar-refractivity contribution in [2.75, 3.05) is 27.2 Å². The highest BCUT2D eigenvalue weighted by Crippen LogP contribution is 2.27. The monoisotopic (exact) mass is 248 g/mol. The van der Waals surface area contributed by atoms with Crippen LogP contribution in [0.25, 0.3) is 0 Å². The highest BCUT2D eigenvalue weighted by Gasteiger charge is 2.32. The average molecular weight is 248 g/mol. The number of hydrogen-bond donors (Lipinski definition) is 1. The molecule has 1 aromatic heterocycles. The summed E-state index contributed by atoms with van der Waals surface area (Å²) in [5.74, 6) is 0. The molecule has 3 unspecified atom stereocenters. The first-order valence-electron chi connectivity index (χ1n) is 6.66. The summed E-state index contributed by atoms with van der Waals surface area (Å²) >= 11 is 0. The second-order valence-corrected chi connectivity index (χ2v) is 5.46. The van der Waals surface area contributed by atoms with Crippen molar-refractivity contribution in [3.63, 3.8) is 0 Å². The molecule has 4 nitrogen and oxygen atoms in total. The van der Waals surface area contributed by atoms with Crippen LogP contribution in [-0.4, -0.2) is 54.1 Å². The molecule has 2 N–H and O–H groups in total. The van der Waals surface area contributed by atoms with Gasteiger partial charge in [0, 0.05) is 31.4 Å². The summed E-state index contributed by atoms with van der Waals surface area (Å²) in [7, 11) is 4.30. The zero-order valence-electron chi connectivity index (χ0n) is 11.6. The standard InChI is InChI=1S/C14H24N4/c1-11(15)14(13-6-4-5-8-16-13)18-9-7-12(10-18)17(2)3/h4-6,8,11-12,14H,7,9-10,15H2,1-3H3. The Balaban J connectivity index is 2.13. The topological polar surface area (TPSA) is 45.4 Å². The Morgan fingerprint density at radius 1 is 1.44 bits per heavy atom. The van der Waals surface area contributed by atoms with Crippen LogP contribution >= 0.6 is 0 Å². The molecule has 1 saturated heterocycles. The lowest BCUT2D eigenvalue weighted by atomic mass is 10.0. The van der Waals surface area contributed by atoms with Gasteiger partial charge >= 0.3 is 0 Å². The summed E-state index contributed by atoms with van der Waals surface area (Å²) in [5.41, 5.74) is 7.26. The Labute approximate surface area is 110 Å². The van der Waals surface area contributed by atoms with Crippen LogP contribution < -0.4 is 5.73 Å². The Morgan fingerprint density at radius 3 is 2.72 bits per heavy atom.